The fourth-order valence-corrected chi connectivity index (χ4v) is 6.99. The molecule has 0 amide bonds. The fourth-order valence-electron chi connectivity index (χ4n) is 5.93. The maximum Gasteiger partial charge on any atom is 0.178 e. The van der Waals surface area contributed by atoms with E-state index < -0.39 is 0 Å². The lowest BCUT2D eigenvalue weighted by atomic mass is 10.2. The quantitative estimate of drug-likeness (QED) is 0.168. The Morgan fingerprint density at radius 1 is 0.500 bits per heavy atom. The molecule has 0 atom stereocenters. The molecule has 0 N–H and O–H groups in total. The molecule has 0 spiro atoms. The van der Waals surface area contributed by atoms with Crippen LogP contribution in [0.4, 0.5) is 22.7 Å². The van der Waals surface area contributed by atoms with Crippen LogP contribution in [0.3, 0.4) is 0 Å². The standard InChI is InChI=1S/C40H38Br4N8/c1-5-49(33-21-13-29(43)14-22-33)39-37(45-31-17-9-27(41)10-18-31)51(7-3)35(47-39)25-26-36-48-40(50(6-2)34-23-15-30(44)16-24-34)38(52(36)8-4)46-32-19-11-28(42)12-20-32/h9-26H,5-8H2,1-4H3/b35-25-,36-26-,45-37?,46-38?. The first-order chi connectivity index (χ1) is 25.2. The highest BCUT2D eigenvalue weighted by molar-refractivity contribution is 9.11. The normalized spacial score (nSPS) is 17.5. The van der Waals surface area contributed by atoms with E-state index in [1.807, 2.05) is 84.9 Å². The number of likely N-dealkylation sites (N-methyl/N-ethyl adjacent to an activating group) is 4. The molecule has 0 aromatic heterocycles. The van der Waals surface area contributed by atoms with Crippen LogP contribution >= 0.6 is 63.7 Å². The van der Waals surface area contributed by atoms with Crippen LogP contribution in [-0.4, -0.2) is 59.3 Å². The van der Waals surface area contributed by atoms with Crippen LogP contribution in [0.2, 0.25) is 0 Å². The number of aliphatic imine (C=N–C) groups is 4. The lowest BCUT2D eigenvalue weighted by Gasteiger charge is -2.25. The zero-order valence-corrected chi connectivity index (χ0v) is 35.7. The third kappa shape index (κ3) is 8.51. The maximum absolute atomic E-state index is 5.26. The van der Waals surface area contributed by atoms with Gasteiger partial charge in [-0.3, -0.25) is 0 Å². The van der Waals surface area contributed by atoms with E-state index in [-0.39, 0.29) is 0 Å². The summed E-state index contributed by atoms with van der Waals surface area (Å²) in [7, 11) is 0. The number of anilines is 2. The number of benzene rings is 4. The summed E-state index contributed by atoms with van der Waals surface area (Å²) in [5.74, 6) is 4.70. The third-order valence-corrected chi connectivity index (χ3v) is 10.6. The average Bonchev–Trinajstić information content (AvgIpc) is 3.67. The summed E-state index contributed by atoms with van der Waals surface area (Å²) in [5, 5.41) is 0. The molecular formula is C40H38Br4N8. The summed E-state index contributed by atoms with van der Waals surface area (Å²) in [6.45, 7) is 11.3. The molecule has 0 radical (unpaired) electrons. The number of rotatable bonds is 9. The SMILES string of the molecule is CCN1C(=Nc2ccc(Br)cc2)C(N(CC)c2ccc(Br)cc2)=N/C1=C/C=C1/N=C(N(CC)c2ccc(Br)cc2)C(=Nc2ccc(Br)cc2)N1CC. The molecule has 0 unspecified atom stereocenters. The Morgan fingerprint density at radius 3 is 1.10 bits per heavy atom. The first-order valence-corrected chi connectivity index (χ1v) is 20.3. The van der Waals surface area contributed by atoms with Gasteiger partial charge in [0.1, 0.15) is 11.6 Å². The van der Waals surface area contributed by atoms with Crippen LogP contribution in [0.5, 0.6) is 0 Å². The van der Waals surface area contributed by atoms with Gasteiger partial charge in [-0.1, -0.05) is 63.7 Å². The molecule has 0 saturated carbocycles. The molecule has 8 nitrogen and oxygen atoms in total. The van der Waals surface area contributed by atoms with E-state index in [0.29, 0.717) is 26.2 Å². The number of allylic oxidation sites excluding steroid dienone is 2. The second-order valence-corrected chi connectivity index (χ2v) is 15.3. The van der Waals surface area contributed by atoms with Gasteiger partial charge in [0, 0.05) is 55.4 Å². The van der Waals surface area contributed by atoms with Crippen LogP contribution in [0.15, 0.2) is 159 Å². The highest BCUT2D eigenvalue weighted by Crippen LogP contribution is 2.30. The lowest BCUT2D eigenvalue weighted by molar-refractivity contribution is 0.548. The van der Waals surface area contributed by atoms with Gasteiger partial charge in [0.15, 0.2) is 23.3 Å². The van der Waals surface area contributed by atoms with E-state index >= 15 is 0 Å². The minimum atomic E-state index is 0.671. The molecular weight excluding hydrogens is 912 g/mol. The van der Waals surface area contributed by atoms with Crippen molar-refractivity contribution >= 4 is 110 Å². The van der Waals surface area contributed by atoms with Gasteiger partial charge in [0.25, 0.3) is 0 Å². The molecule has 0 bridgehead atoms. The topological polar surface area (TPSA) is 62.4 Å². The fraction of sp³-hybridized carbons (Fsp3) is 0.200. The predicted molar refractivity (Wildman–Crippen MR) is 233 cm³/mol. The summed E-state index contributed by atoms with van der Waals surface area (Å²) in [4.78, 5) is 29.6. The van der Waals surface area contributed by atoms with Crippen LogP contribution < -0.4 is 9.80 Å². The minimum absolute atomic E-state index is 0.671. The summed E-state index contributed by atoms with van der Waals surface area (Å²) in [6, 6.07) is 32.6. The molecule has 2 aliphatic rings. The van der Waals surface area contributed by atoms with E-state index in [0.717, 1.165) is 75.6 Å². The summed E-state index contributed by atoms with van der Waals surface area (Å²) in [5.41, 5.74) is 3.76. The molecule has 0 aliphatic carbocycles. The van der Waals surface area contributed by atoms with Crippen molar-refractivity contribution in [3.63, 3.8) is 0 Å². The molecule has 4 aromatic rings. The van der Waals surface area contributed by atoms with Crippen LogP contribution in [0.25, 0.3) is 0 Å². The summed E-state index contributed by atoms with van der Waals surface area (Å²) in [6.07, 6.45) is 4.08. The van der Waals surface area contributed by atoms with Crippen molar-refractivity contribution in [1.82, 2.24) is 9.80 Å². The van der Waals surface area contributed by atoms with E-state index in [9.17, 15) is 0 Å². The first-order valence-electron chi connectivity index (χ1n) is 17.1. The Balaban J connectivity index is 1.48. The van der Waals surface area contributed by atoms with Gasteiger partial charge in [0.05, 0.1) is 11.4 Å². The molecule has 2 heterocycles. The Kier molecular flexibility index (Phi) is 12.6. The molecule has 12 heteroatoms. The zero-order valence-electron chi connectivity index (χ0n) is 29.3. The lowest BCUT2D eigenvalue weighted by Crippen LogP contribution is -2.40. The minimum Gasteiger partial charge on any atom is -0.324 e. The van der Waals surface area contributed by atoms with Crippen molar-refractivity contribution in [3.05, 3.63) is 139 Å². The van der Waals surface area contributed by atoms with Crippen molar-refractivity contribution in [2.75, 3.05) is 36.0 Å². The highest BCUT2D eigenvalue weighted by Gasteiger charge is 2.33. The number of halogens is 4. The number of amidine groups is 4. The largest absolute Gasteiger partial charge is 0.324 e. The zero-order chi connectivity index (χ0) is 36.8. The third-order valence-electron chi connectivity index (χ3n) is 8.46. The van der Waals surface area contributed by atoms with E-state index in [2.05, 4.69) is 135 Å². The number of nitrogens with zero attached hydrogens (tertiary/aromatic N) is 8. The van der Waals surface area contributed by atoms with Crippen LogP contribution in [0.1, 0.15) is 27.7 Å². The molecule has 2 aliphatic heterocycles. The molecule has 0 saturated heterocycles. The van der Waals surface area contributed by atoms with Gasteiger partial charge in [-0.05, 0) is 137 Å². The molecule has 266 valence electrons. The van der Waals surface area contributed by atoms with Gasteiger partial charge in [-0.15, -0.1) is 0 Å². The Hall–Kier alpha value is -3.84. The number of hydrogen-bond donors (Lipinski definition) is 0. The first kappa shape index (κ1) is 37.9. The van der Waals surface area contributed by atoms with E-state index in [1.54, 1.807) is 0 Å². The number of hydrogen-bond acceptors (Lipinski definition) is 6. The molecule has 4 aromatic carbocycles. The summed E-state index contributed by atoms with van der Waals surface area (Å²) < 4.78 is 4.05. The highest BCUT2D eigenvalue weighted by atomic mass is 79.9. The van der Waals surface area contributed by atoms with Gasteiger partial charge in [0.2, 0.25) is 0 Å². The summed E-state index contributed by atoms with van der Waals surface area (Å²) >= 11 is 14.3. The van der Waals surface area contributed by atoms with Gasteiger partial charge < -0.3 is 19.6 Å². The van der Waals surface area contributed by atoms with Crippen molar-refractivity contribution in [1.29, 1.82) is 0 Å². The average molecular weight is 950 g/mol. The monoisotopic (exact) mass is 946 g/mol. The second kappa shape index (κ2) is 17.3. The Bertz CT molecular complexity index is 1920. The second-order valence-electron chi connectivity index (χ2n) is 11.7. The smallest absolute Gasteiger partial charge is 0.178 e. The predicted octanol–water partition coefficient (Wildman–Crippen LogP) is 11.7. The van der Waals surface area contributed by atoms with Gasteiger partial charge >= 0.3 is 0 Å². The molecule has 52 heavy (non-hydrogen) atoms. The Morgan fingerprint density at radius 2 is 0.808 bits per heavy atom. The van der Waals surface area contributed by atoms with Gasteiger partial charge in [-0.2, -0.15) is 0 Å². The van der Waals surface area contributed by atoms with Crippen molar-refractivity contribution < 1.29 is 0 Å². The van der Waals surface area contributed by atoms with Crippen molar-refractivity contribution in [2.45, 2.75) is 27.7 Å². The molecule has 0 fully saturated rings. The van der Waals surface area contributed by atoms with E-state index in [4.69, 9.17) is 20.0 Å². The van der Waals surface area contributed by atoms with Gasteiger partial charge in [-0.25, -0.2) is 20.0 Å². The van der Waals surface area contributed by atoms with Crippen molar-refractivity contribution in [3.8, 4) is 0 Å². The van der Waals surface area contributed by atoms with Crippen molar-refractivity contribution in [2.24, 2.45) is 20.0 Å². The van der Waals surface area contributed by atoms with Crippen LogP contribution in [-0.2, 0) is 0 Å². The van der Waals surface area contributed by atoms with Crippen LogP contribution in [0, 0.1) is 0 Å². The Labute approximate surface area is 339 Å². The maximum atomic E-state index is 5.26. The molecule has 6 rings (SSSR count). The van der Waals surface area contributed by atoms with E-state index in [1.165, 1.54) is 0 Å².